The van der Waals surface area contributed by atoms with E-state index < -0.39 is 45.7 Å². The lowest BCUT2D eigenvalue weighted by atomic mass is 9.80. The molecular weight excluding hydrogens is 644 g/mol. The normalized spacial score (nSPS) is 22.5. The minimum absolute atomic E-state index is 0.100. The Morgan fingerprint density at radius 1 is 0.978 bits per heavy atom. The number of carboxylic acid groups (broad SMARTS) is 1. The molecule has 2 aromatic carbocycles. The van der Waals surface area contributed by atoms with Crippen molar-refractivity contribution < 1.29 is 54.3 Å². The quantitative estimate of drug-likeness (QED) is 0.409. The van der Waals surface area contributed by atoms with E-state index in [1.807, 2.05) is 14.1 Å². The summed E-state index contributed by atoms with van der Waals surface area (Å²) in [5.74, 6) is -4.24. The van der Waals surface area contributed by atoms with Gasteiger partial charge in [0.25, 0.3) is 5.91 Å². The zero-order valence-corrected chi connectivity index (χ0v) is 25.8. The number of hydrogen-bond acceptors (Lipinski definition) is 6. The van der Waals surface area contributed by atoms with Crippen LogP contribution in [-0.4, -0.2) is 91.8 Å². The highest BCUT2D eigenvalue weighted by atomic mass is 32.2. The predicted octanol–water partition coefficient (Wildman–Crippen LogP) is 4.63. The van der Waals surface area contributed by atoms with Crippen molar-refractivity contribution in [1.82, 2.24) is 15.1 Å². The number of piperidine rings is 1. The lowest BCUT2D eigenvalue weighted by Crippen LogP contribution is -2.59. The number of nitrogens with zero attached hydrogens (tertiary/aromatic N) is 2. The van der Waals surface area contributed by atoms with Gasteiger partial charge in [0, 0.05) is 24.2 Å². The number of benzene rings is 2. The van der Waals surface area contributed by atoms with Gasteiger partial charge in [-0.05, 0) is 82.4 Å². The van der Waals surface area contributed by atoms with Crippen molar-refractivity contribution in [1.29, 1.82) is 0 Å². The first-order valence-corrected chi connectivity index (χ1v) is 16.0. The van der Waals surface area contributed by atoms with Crippen molar-refractivity contribution in [3.8, 4) is 0 Å². The smallest absolute Gasteiger partial charge is 0.475 e. The highest BCUT2D eigenvalue weighted by Crippen LogP contribution is 2.35. The van der Waals surface area contributed by atoms with Gasteiger partial charge in [0.15, 0.2) is 9.84 Å². The fourth-order valence-electron chi connectivity index (χ4n) is 5.73. The van der Waals surface area contributed by atoms with Gasteiger partial charge in [-0.1, -0.05) is 24.3 Å². The molecule has 1 saturated carbocycles. The van der Waals surface area contributed by atoms with E-state index in [1.165, 1.54) is 6.07 Å². The van der Waals surface area contributed by atoms with Gasteiger partial charge in [0.2, 0.25) is 5.91 Å². The SMILES string of the molecule is CN(C)[C@@H]1CC[C@H](N2CCC[C@H](NC(=O)c3cccc(C(F)(F)F)c3)C2=O)[C@H](CS(=O)(=O)c2ccccc2)C1.O=C(O)C(F)(F)F. The molecule has 2 fully saturated rings. The number of carbonyl (C=O) groups is 3. The number of aliphatic carboxylic acids is 1. The van der Waals surface area contributed by atoms with Crippen LogP contribution in [0.2, 0.25) is 0 Å². The van der Waals surface area contributed by atoms with E-state index in [4.69, 9.17) is 9.90 Å². The molecule has 9 nitrogen and oxygen atoms in total. The van der Waals surface area contributed by atoms with E-state index in [0.29, 0.717) is 32.2 Å². The first-order chi connectivity index (χ1) is 21.3. The van der Waals surface area contributed by atoms with Crippen molar-refractivity contribution in [3.63, 3.8) is 0 Å². The zero-order chi connectivity index (χ0) is 34.4. The van der Waals surface area contributed by atoms with Gasteiger partial charge in [0.1, 0.15) is 6.04 Å². The lowest BCUT2D eigenvalue weighted by Gasteiger charge is -2.46. The highest BCUT2D eigenvalue weighted by Gasteiger charge is 2.43. The number of hydrogen-bond donors (Lipinski definition) is 2. The Hall–Kier alpha value is -3.66. The maximum absolute atomic E-state index is 13.6. The first kappa shape index (κ1) is 36.8. The van der Waals surface area contributed by atoms with E-state index in [1.54, 1.807) is 35.2 Å². The second-order valence-corrected chi connectivity index (χ2v) is 13.5. The number of carboxylic acids is 1. The van der Waals surface area contributed by atoms with Crippen LogP contribution >= 0.6 is 0 Å². The Bertz CT molecular complexity index is 1480. The van der Waals surface area contributed by atoms with Gasteiger partial charge >= 0.3 is 18.3 Å². The van der Waals surface area contributed by atoms with Crippen molar-refractivity contribution in [3.05, 3.63) is 65.7 Å². The fourth-order valence-corrected chi connectivity index (χ4v) is 7.41. The molecule has 0 radical (unpaired) electrons. The fraction of sp³-hybridized carbons (Fsp3) is 0.500. The Kier molecular flexibility index (Phi) is 11.9. The lowest BCUT2D eigenvalue weighted by molar-refractivity contribution is -0.192. The molecule has 0 bridgehead atoms. The second kappa shape index (κ2) is 14.8. The molecular formula is C30H35F6N3O6S. The van der Waals surface area contributed by atoms with Gasteiger partial charge in [-0.25, -0.2) is 13.2 Å². The second-order valence-electron chi connectivity index (χ2n) is 11.4. The molecule has 2 aromatic rings. The summed E-state index contributed by atoms with van der Waals surface area (Å²) in [6, 6.07) is 11.3. The molecule has 4 atom stereocenters. The van der Waals surface area contributed by atoms with Crippen LogP contribution in [0.25, 0.3) is 0 Å². The van der Waals surface area contributed by atoms with E-state index in [-0.39, 0.29) is 40.1 Å². The Labute approximate surface area is 262 Å². The van der Waals surface area contributed by atoms with Crippen LogP contribution in [0.15, 0.2) is 59.5 Å². The summed E-state index contributed by atoms with van der Waals surface area (Å²) in [5, 5.41) is 9.75. The molecule has 1 aliphatic carbocycles. The van der Waals surface area contributed by atoms with Crippen molar-refractivity contribution >= 4 is 27.6 Å². The van der Waals surface area contributed by atoms with Crippen LogP contribution in [0, 0.1) is 5.92 Å². The third kappa shape index (κ3) is 9.67. The molecule has 46 heavy (non-hydrogen) atoms. The molecule has 1 saturated heterocycles. The molecule has 0 aromatic heterocycles. The Balaban J connectivity index is 0.000000738. The summed E-state index contributed by atoms with van der Waals surface area (Å²) in [6.07, 6.45) is -6.70. The maximum atomic E-state index is 13.6. The summed E-state index contributed by atoms with van der Waals surface area (Å²) in [4.78, 5) is 39.3. The molecule has 1 aliphatic heterocycles. The minimum Gasteiger partial charge on any atom is -0.475 e. The third-order valence-electron chi connectivity index (χ3n) is 8.05. The van der Waals surface area contributed by atoms with Crippen LogP contribution in [-0.2, 0) is 25.6 Å². The molecule has 254 valence electrons. The monoisotopic (exact) mass is 679 g/mol. The van der Waals surface area contributed by atoms with Crippen molar-refractivity contribution in [2.45, 2.75) is 67.5 Å². The first-order valence-electron chi connectivity index (χ1n) is 14.3. The number of halogens is 6. The van der Waals surface area contributed by atoms with Gasteiger partial charge in [0.05, 0.1) is 16.2 Å². The molecule has 16 heteroatoms. The Morgan fingerprint density at radius 3 is 2.17 bits per heavy atom. The van der Waals surface area contributed by atoms with Gasteiger partial charge in [-0.15, -0.1) is 0 Å². The molecule has 1 heterocycles. The van der Waals surface area contributed by atoms with Gasteiger partial charge in [-0.2, -0.15) is 26.3 Å². The molecule has 0 spiro atoms. The number of amides is 2. The summed E-state index contributed by atoms with van der Waals surface area (Å²) >= 11 is 0. The van der Waals surface area contributed by atoms with Crippen LogP contribution in [0.1, 0.15) is 48.0 Å². The van der Waals surface area contributed by atoms with E-state index in [9.17, 15) is 44.3 Å². The predicted molar refractivity (Wildman–Crippen MR) is 154 cm³/mol. The van der Waals surface area contributed by atoms with Gasteiger partial charge in [-0.3, -0.25) is 9.59 Å². The van der Waals surface area contributed by atoms with E-state index in [0.717, 1.165) is 24.6 Å². The molecule has 4 rings (SSSR count). The molecule has 0 unspecified atom stereocenters. The van der Waals surface area contributed by atoms with Crippen LogP contribution in [0.5, 0.6) is 0 Å². The number of nitrogens with one attached hydrogen (secondary N) is 1. The zero-order valence-electron chi connectivity index (χ0n) is 25.0. The molecule has 2 amide bonds. The number of sulfone groups is 1. The highest BCUT2D eigenvalue weighted by molar-refractivity contribution is 7.91. The third-order valence-corrected chi connectivity index (χ3v) is 9.91. The van der Waals surface area contributed by atoms with Gasteiger partial charge < -0.3 is 20.2 Å². The minimum atomic E-state index is -5.08. The summed E-state index contributed by atoms with van der Waals surface area (Å²) in [5.41, 5.74) is -1.11. The average Bonchev–Trinajstić information content (AvgIpc) is 2.98. The molecule has 2 aliphatic rings. The van der Waals surface area contributed by atoms with Crippen LogP contribution < -0.4 is 5.32 Å². The Morgan fingerprint density at radius 2 is 1.61 bits per heavy atom. The van der Waals surface area contributed by atoms with E-state index >= 15 is 0 Å². The van der Waals surface area contributed by atoms with Crippen molar-refractivity contribution in [2.24, 2.45) is 5.92 Å². The van der Waals surface area contributed by atoms with Crippen LogP contribution in [0.3, 0.4) is 0 Å². The average molecular weight is 680 g/mol. The summed E-state index contributed by atoms with van der Waals surface area (Å²) in [6.45, 7) is 0.438. The van der Waals surface area contributed by atoms with E-state index in [2.05, 4.69) is 10.2 Å². The number of alkyl halides is 6. The number of likely N-dealkylation sites (tertiary alicyclic amines) is 1. The largest absolute Gasteiger partial charge is 0.490 e. The molecule has 2 N–H and O–H groups in total. The summed E-state index contributed by atoms with van der Waals surface area (Å²) in [7, 11) is 0.314. The topological polar surface area (TPSA) is 124 Å². The van der Waals surface area contributed by atoms with Crippen LogP contribution in [0.4, 0.5) is 26.3 Å². The van der Waals surface area contributed by atoms with Crippen molar-refractivity contribution in [2.75, 3.05) is 26.4 Å². The summed E-state index contributed by atoms with van der Waals surface area (Å²) < 4.78 is 97.7. The maximum Gasteiger partial charge on any atom is 0.490 e. The standard InChI is InChI=1S/C28H34F3N3O4S.C2HF3O2/c1-33(2)22-13-14-25(20(17-22)18-39(37,38)23-10-4-3-5-11-23)34-15-7-12-24(27(34)36)32-26(35)19-8-6-9-21(16-19)28(29,30)31;3-2(4,5)1(6)7/h3-6,8-11,16,20,22,24-25H,7,12-15,17-18H2,1-2H3,(H,32,35);(H,6,7)/t20-,22+,24-,25-;/m0./s1. The number of carbonyl (C=O) groups excluding carboxylic acids is 2. The number of rotatable bonds is 7.